The van der Waals surface area contributed by atoms with Crippen molar-refractivity contribution in [2.45, 2.75) is 19.5 Å². The number of halogens is 3. The lowest BCUT2D eigenvalue weighted by molar-refractivity contribution is 0.533. The van der Waals surface area contributed by atoms with Crippen LogP contribution in [0.2, 0.25) is 5.02 Å². The molecule has 0 heterocycles. The van der Waals surface area contributed by atoms with Gasteiger partial charge in [0.05, 0.1) is 0 Å². The summed E-state index contributed by atoms with van der Waals surface area (Å²) in [6, 6.07) is 11.1. The van der Waals surface area contributed by atoms with Crippen LogP contribution < -0.4 is 5.32 Å². The molecule has 19 heavy (non-hydrogen) atoms. The molecular weight excluding hydrogens is 268 g/mol. The lowest BCUT2D eigenvalue weighted by Gasteiger charge is -2.14. The van der Waals surface area contributed by atoms with Gasteiger partial charge in [0.1, 0.15) is 11.6 Å². The molecule has 0 aliphatic rings. The Morgan fingerprint density at radius 3 is 2.42 bits per heavy atom. The first-order valence-corrected chi connectivity index (χ1v) is 6.37. The minimum Gasteiger partial charge on any atom is -0.306 e. The molecule has 0 spiro atoms. The summed E-state index contributed by atoms with van der Waals surface area (Å²) < 4.78 is 26.2. The average Bonchev–Trinajstić information content (AvgIpc) is 2.38. The smallest absolute Gasteiger partial charge is 0.130 e. The molecule has 1 nitrogen and oxygen atoms in total. The van der Waals surface area contributed by atoms with Gasteiger partial charge >= 0.3 is 0 Å². The second kappa shape index (κ2) is 6.13. The molecule has 1 atom stereocenters. The lowest BCUT2D eigenvalue weighted by Crippen LogP contribution is -2.18. The summed E-state index contributed by atoms with van der Waals surface area (Å²) in [7, 11) is 0. The van der Waals surface area contributed by atoms with Crippen LogP contribution in [0, 0.1) is 11.6 Å². The maximum atomic E-state index is 13.5. The summed E-state index contributed by atoms with van der Waals surface area (Å²) >= 11 is 5.82. The summed E-state index contributed by atoms with van der Waals surface area (Å²) in [5.74, 6) is -1.09. The summed E-state index contributed by atoms with van der Waals surface area (Å²) in [6.07, 6.45) is 0. The predicted octanol–water partition coefficient (Wildman–Crippen LogP) is 4.47. The van der Waals surface area contributed by atoms with E-state index in [0.717, 1.165) is 11.6 Å². The van der Waals surface area contributed by atoms with E-state index in [1.807, 2.05) is 31.2 Å². The molecule has 2 aromatic rings. The predicted molar refractivity (Wildman–Crippen MR) is 73.1 cm³/mol. The largest absolute Gasteiger partial charge is 0.306 e. The standard InChI is InChI=1S/C15H14ClF2N/c1-10(11-2-5-13(16)6-3-11)19-9-12-4-7-14(17)8-15(12)18/h2-8,10,19H,9H2,1H3/t10-/m0/s1. The van der Waals surface area contributed by atoms with E-state index in [-0.39, 0.29) is 6.04 Å². The highest BCUT2D eigenvalue weighted by Crippen LogP contribution is 2.17. The minimum atomic E-state index is -0.563. The maximum absolute atomic E-state index is 13.5. The summed E-state index contributed by atoms with van der Waals surface area (Å²) in [5.41, 5.74) is 1.51. The SMILES string of the molecule is C[C@H](NCc1ccc(F)cc1F)c1ccc(Cl)cc1. The van der Waals surface area contributed by atoms with Crippen LogP contribution in [0.5, 0.6) is 0 Å². The lowest BCUT2D eigenvalue weighted by atomic mass is 10.1. The van der Waals surface area contributed by atoms with Crippen molar-refractivity contribution in [3.05, 3.63) is 70.2 Å². The van der Waals surface area contributed by atoms with E-state index < -0.39 is 11.6 Å². The molecule has 0 saturated heterocycles. The summed E-state index contributed by atoms with van der Waals surface area (Å²) in [4.78, 5) is 0. The highest BCUT2D eigenvalue weighted by atomic mass is 35.5. The molecule has 0 aromatic heterocycles. The van der Waals surface area contributed by atoms with E-state index >= 15 is 0 Å². The van der Waals surface area contributed by atoms with Gasteiger partial charge in [0.25, 0.3) is 0 Å². The van der Waals surface area contributed by atoms with Gasteiger partial charge in [0, 0.05) is 29.2 Å². The van der Waals surface area contributed by atoms with Crippen molar-refractivity contribution in [2.75, 3.05) is 0 Å². The van der Waals surface area contributed by atoms with E-state index in [4.69, 9.17) is 11.6 Å². The van der Waals surface area contributed by atoms with E-state index in [1.54, 1.807) is 0 Å². The zero-order valence-corrected chi connectivity index (χ0v) is 11.2. The molecule has 1 N–H and O–H groups in total. The number of benzene rings is 2. The zero-order chi connectivity index (χ0) is 13.8. The molecule has 0 aliphatic carbocycles. The van der Waals surface area contributed by atoms with Crippen molar-refractivity contribution in [1.29, 1.82) is 0 Å². The van der Waals surface area contributed by atoms with Crippen molar-refractivity contribution >= 4 is 11.6 Å². The fourth-order valence-corrected chi connectivity index (χ4v) is 1.92. The molecule has 0 radical (unpaired) electrons. The van der Waals surface area contributed by atoms with E-state index in [2.05, 4.69) is 5.32 Å². The molecule has 4 heteroatoms. The number of hydrogen-bond donors (Lipinski definition) is 1. The topological polar surface area (TPSA) is 12.0 Å². The quantitative estimate of drug-likeness (QED) is 0.872. The Labute approximate surface area is 116 Å². The highest BCUT2D eigenvalue weighted by molar-refractivity contribution is 6.30. The Hall–Kier alpha value is -1.45. The molecule has 0 fully saturated rings. The second-order valence-electron chi connectivity index (χ2n) is 4.39. The van der Waals surface area contributed by atoms with Gasteiger partial charge in [-0.15, -0.1) is 0 Å². The van der Waals surface area contributed by atoms with E-state index in [0.29, 0.717) is 17.1 Å². The second-order valence-corrected chi connectivity index (χ2v) is 4.83. The molecule has 0 amide bonds. The molecule has 2 rings (SSSR count). The normalized spacial score (nSPS) is 12.4. The number of hydrogen-bond acceptors (Lipinski definition) is 1. The third kappa shape index (κ3) is 3.75. The Morgan fingerprint density at radius 2 is 1.79 bits per heavy atom. The van der Waals surface area contributed by atoms with Gasteiger partial charge in [-0.25, -0.2) is 8.78 Å². The maximum Gasteiger partial charge on any atom is 0.130 e. The third-order valence-corrected chi connectivity index (χ3v) is 3.24. The molecule has 0 saturated carbocycles. The van der Waals surface area contributed by atoms with E-state index in [1.165, 1.54) is 12.1 Å². The molecule has 0 unspecified atom stereocenters. The number of rotatable bonds is 4. The Kier molecular flexibility index (Phi) is 4.51. The Bertz CT molecular complexity index is 555. The van der Waals surface area contributed by atoms with Crippen LogP contribution >= 0.6 is 11.6 Å². The molecule has 100 valence electrons. The average molecular weight is 282 g/mol. The molecule has 0 bridgehead atoms. The Balaban J connectivity index is 2.00. The summed E-state index contributed by atoms with van der Waals surface area (Å²) in [5, 5.41) is 3.87. The van der Waals surface area contributed by atoms with Crippen LogP contribution in [0.3, 0.4) is 0 Å². The van der Waals surface area contributed by atoms with Gasteiger partial charge < -0.3 is 5.32 Å². The van der Waals surface area contributed by atoms with Crippen LogP contribution in [-0.4, -0.2) is 0 Å². The molecule has 2 aromatic carbocycles. The van der Waals surface area contributed by atoms with Gasteiger partial charge in [-0.05, 0) is 30.7 Å². The molecule has 0 aliphatic heterocycles. The van der Waals surface area contributed by atoms with Gasteiger partial charge in [-0.3, -0.25) is 0 Å². The van der Waals surface area contributed by atoms with Crippen LogP contribution in [0.4, 0.5) is 8.78 Å². The van der Waals surface area contributed by atoms with Crippen LogP contribution in [-0.2, 0) is 6.54 Å². The van der Waals surface area contributed by atoms with Gasteiger partial charge in [0.2, 0.25) is 0 Å². The first-order chi connectivity index (χ1) is 9.06. The Morgan fingerprint density at radius 1 is 1.11 bits per heavy atom. The van der Waals surface area contributed by atoms with Crippen molar-refractivity contribution in [1.82, 2.24) is 5.32 Å². The summed E-state index contributed by atoms with van der Waals surface area (Å²) in [6.45, 7) is 2.32. The van der Waals surface area contributed by atoms with Crippen LogP contribution in [0.15, 0.2) is 42.5 Å². The van der Waals surface area contributed by atoms with Crippen molar-refractivity contribution < 1.29 is 8.78 Å². The highest BCUT2D eigenvalue weighted by Gasteiger charge is 2.07. The van der Waals surface area contributed by atoms with E-state index in [9.17, 15) is 8.78 Å². The van der Waals surface area contributed by atoms with Crippen LogP contribution in [0.1, 0.15) is 24.1 Å². The molecular formula is C15H14ClF2N. The fraction of sp³-hybridized carbons (Fsp3) is 0.200. The zero-order valence-electron chi connectivity index (χ0n) is 10.5. The van der Waals surface area contributed by atoms with Gasteiger partial charge in [-0.2, -0.15) is 0 Å². The van der Waals surface area contributed by atoms with Crippen molar-refractivity contribution in [2.24, 2.45) is 0 Å². The van der Waals surface area contributed by atoms with Gasteiger partial charge in [-0.1, -0.05) is 29.8 Å². The monoisotopic (exact) mass is 281 g/mol. The van der Waals surface area contributed by atoms with Crippen molar-refractivity contribution in [3.8, 4) is 0 Å². The van der Waals surface area contributed by atoms with Crippen LogP contribution in [0.25, 0.3) is 0 Å². The first-order valence-electron chi connectivity index (χ1n) is 5.99. The van der Waals surface area contributed by atoms with Crippen molar-refractivity contribution in [3.63, 3.8) is 0 Å². The minimum absolute atomic E-state index is 0.0571. The fourth-order valence-electron chi connectivity index (χ4n) is 1.80. The third-order valence-electron chi connectivity index (χ3n) is 2.98. The number of nitrogens with one attached hydrogen (secondary N) is 1. The van der Waals surface area contributed by atoms with Gasteiger partial charge in [0.15, 0.2) is 0 Å². The first kappa shape index (κ1) is 14.0.